The molecule has 2 heteroatoms. The minimum atomic E-state index is 0.418. The summed E-state index contributed by atoms with van der Waals surface area (Å²) in [5, 5.41) is 0. The van der Waals surface area contributed by atoms with E-state index in [0.29, 0.717) is 12.3 Å². The zero-order valence-corrected chi connectivity index (χ0v) is 7.86. The smallest absolute Gasteiger partial charge is 0.120 e. The summed E-state index contributed by atoms with van der Waals surface area (Å²) in [5.74, 6) is 0.418. The molecule has 0 fully saturated rings. The van der Waals surface area contributed by atoms with E-state index >= 15 is 0 Å². The first-order valence-corrected chi connectivity index (χ1v) is 4.50. The molecule has 0 amide bonds. The van der Waals surface area contributed by atoms with E-state index in [0.717, 1.165) is 18.4 Å². The maximum absolute atomic E-state index is 10.2. The molecular formula is C11H15NO. The van der Waals surface area contributed by atoms with Crippen molar-refractivity contribution in [3.63, 3.8) is 0 Å². The van der Waals surface area contributed by atoms with E-state index in [2.05, 4.69) is 6.92 Å². The van der Waals surface area contributed by atoms with Crippen LogP contribution in [-0.2, 0) is 11.2 Å². The van der Waals surface area contributed by atoms with Gasteiger partial charge in [-0.2, -0.15) is 0 Å². The van der Waals surface area contributed by atoms with Crippen molar-refractivity contribution >= 4 is 12.0 Å². The number of nitrogen functional groups attached to an aromatic ring is 1. The lowest BCUT2D eigenvalue weighted by atomic mass is 9.99. The highest BCUT2D eigenvalue weighted by Gasteiger charge is 2.02. The molecule has 1 aromatic carbocycles. The first-order valence-electron chi connectivity index (χ1n) is 4.50. The number of nitrogens with two attached hydrogens (primary N) is 1. The van der Waals surface area contributed by atoms with Gasteiger partial charge < -0.3 is 10.5 Å². The monoisotopic (exact) mass is 177 g/mol. The summed E-state index contributed by atoms with van der Waals surface area (Å²) in [5.41, 5.74) is 7.58. The quantitative estimate of drug-likeness (QED) is 0.565. The third-order valence-corrected chi connectivity index (χ3v) is 2.06. The Balaban J connectivity index is 2.53. The van der Waals surface area contributed by atoms with E-state index in [1.165, 1.54) is 5.56 Å². The Morgan fingerprint density at radius 3 is 2.54 bits per heavy atom. The van der Waals surface area contributed by atoms with Gasteiger partial charge in [-0.05, 0) is 30.0 Å². The minimum Gasteiger partial charge on any atom is -0.399 e. The van der Waals surface area contributed by atoms with Crippen LogP contribution < -0.4 is 5.73 Å². The van der Waals surface area contributed by atoms with E-state index in [1.807, 2.05) is 24.3 Å². The van der Waals surface area contributed by atoms with Gasteiger partial charge >= 0.3 is 0 Å². The van der Waals surface area contributed by atoms with Gasteiger partial charge in [-0.3, -0.25) is 0 Å². The number of aldehydes is 1. The van der Waals surface area contributed by atoms with Crippen molar-refractivity contribution in [2.75, 3.05) is 5.73 Å². The Morgan fingerprint density at radius 1 is 1.38 bits per heavy atom. The van der Waals surface area contributed by atoms with Crippen LogP contribution in [0.2, 0.25) is 0 Å². The number of hydrogen-bond donors (Lipinski definition) is 1. The van der Waals surface area contributed by atoms with Crippen LogP contribution in [0.5, 0.6) is 0 Å². The molecule has 70 valence electrons. The Hall–Kier alpha value is -1.31. The molecule has 0 bridgehead atoms. The lowest BCUT2D eigenvalue weighted by molar-refractivity contribution is -0.108. The molecule has 0 radical (unpaired) electrons. The molecule has 0 saturated heterocycles. The number of carbonyl (C=O) groups excluding carboxylic acids is 1. The summed E-state index contributed by atoms with van der Waals surface area (Å²) in [7, 11) is 0. The average Bonchev–Trinajstić information content (AvgIpc) is 2.09. The number of benzene rings is 1. The number of rotatable bonds is 4. The van der Waals surface area contributed by atoms with Crippen molar-refractivity contribution in [3.05, 3.63) is 29.8 Å². The Morgan fingerprint density at radius 2 is 2.00 bits per heavy atom. The van der Waals surface area contributed by atoms with Gasteiger partial charge in [0.15, 0.2) is 0 Å². The molecule has 1 rings (SSSR count). The van der Waals surface area contributed by atoms with Gasteiger partial charge in [-0.25, -0.2) is 0 Å². The lowest BCUT2D eigenvalue weighted by Crippen LogP contribution is -2.00. The zero-order chi connectivity index (χ0) is 9.68. The van der Waals surface area contributed by atoms with Crippen molar-refractivity contribution in [3.8, 4) is 0 Å². The topological polar surface area (TPSA) is 43.1 Å². The van der Waals surface area contributed by atoms with Crippen LogP contribution in [0.15, 0.2) is 24.3 Å². The molecule has 13 heavy (non-hydrogen) atoms. The van der Waals surface area contributed by atoms with Crippen LogP contribution in [0.25, 0.3) is 0 Å². The molecule has 1 aromatic rings. The molecule has 0 aliphatic heterocycles. The van der Waals surface area contributed by atoms with Gasteiger partial charge in [0, 0.05) is 12.1 Å². The maximum atomic E-state index is 10.2. The molecule has 0 aromatic heterocycles. The largest absolute Gasteiger partial charge is 0.399 e. The van der Waals surface area contributed by atoms with Gasteiger partial charge in [0.1, 0.15) is 6.29 Å². The van der Waals surface area contributed by atoms with Crippen molar-refractivity contribution in [2.45, 2.75) is 19.8 Å². The number of hydrogen-bond acceptors (Lipinski definition) is 2. The van der Waals surface area contributed by atoms with Gasteiger partial charge in [0.2, 0.25) is 0 Å². The van der Waals surface area contributed by atoms with Crippen LogP contribution >= 0.6 is 0 Å². The molecule has 0 unspecified atom stereocenters. The summed E-state index contributed by atoms with van der Waals surface area (Å²) in [6, 6.07) is 7.80. The molecule has 0 spiro atoms. The van der Waals surface area contributed by atoms with Crippen molar-refractivity contribution in [2.24, 2.45) is 5.92 Å². The molecule has 2 nitrogen and oxygen atoms in total. The molecule has 1 atom stereocenters. The average molecular weight is 177 g/mol. The second kappa shape index (κ2) is 4.65. The van der Waals surface area contributed by atoms with E-state index in [-0.39, 0.29) is 0 Å². The van der Waals surface area contributed by atoms with Gasteiger partial charge in [0.25, 0.3) is 0 Å². The van der Waals surface area contributed by atoms with Crippen LogP contribution in [0.3, 0.4) is 0 Å². The highest BCUT2D eigenvalue weighted by Crippen LogP contribution is 2.12. The number of anilines is 1. The van der Waals surface area contributed by atoms with E-state index in [4.69, 9.17) is 5.73 Å². The Kier molecular flexibility index (Phi) is 3.50. The summed E-state index contributed by atoms with van der Waals surface area (Å²) in [4.78, 5) is 10.2. The summed E-state index contributed by atoms with van der Waals surface area (Å²) in [6.45, 7) is 2.07. The fraction of sp³-hybridized carbons (Fsp3) is 0.364. The zero-order valence-electron chi connectivity index (χ0n) is 7.86. The molecular weight excluding hydrogens is 162 g/mol. The Labute approximate surface area is 78.8 Å². The normalized spacial score (nSPS) is 12.4. The summed E-state index contributed by atoms with van der Waals surface area (Å²) >= 11 is 0. The van der Waals surface area contributed by atoms with E-state index in [1.54, 1.807) is 0 Å². The van der Waals surface area contributed by atoms with Gasteiger partial charge in [0.05, 0.1) is 0 Å². The van der Waals surface area contributed by atoms with Crippen LogP contribution in [0.4, 0.5) is 5.69 Å². The SMILES string of the molecule is C[C@@H](CC=O)Cc1ccc(N)cc1. The van der Waals surface area contributed by atoms with E-state index < -0.39 is 0 Å². The Bertz CT molecular complexity index is 266. The third kappa shape index (κ3) is 3.28. The van der Waals surface area contributed by atoms with Crippen LogP contribution in [0.1, 0.15) is 18.9 Å². The van der Waals surface area contributed by atoms with Crippen LogP contribution in [-0.4, -0.2) is 6.29 Å². The fourth-order valence-corrected chi connectivity index (χ4v) is 1.30. The lowest BCUT2D eigenvalue weighted by Gasteiger charge is -2.07. The first kappa shape index (κ1) is 9.78. The highest BCUT2D eigenvalue weighted by molar-refractivity contribution is 5.49. The molecule has 0 heterocycles. The minimum absolute atomic E-state index is 0.418. The second-order valence-corrected chi connectivity index (χ2v) is 3.45. The molecule has 0 aliphatic rings. The molecule has 0 saturated carbocycles. The fourth-order valence-electron chi connectivity index (χ4n) is 1.30. The van der Waals surface area contributed by atoms with E-state index in [9.17, 15) is 4.79 Å². The van der Waals surface area contributed by atoms with Crippen molar-refractivity contribution in [1.82, 2.24) is 0 Å². The molecule has 2 N–H and O–H groups in total. The maximum Gasteiger partial charge on any atom is 0.120 e. The standard InChI is InChI=1S/C11H15NO/c1-9(6-7-13)8-10-2-4-11(12)5-3-10/h2-5,7,9H,6,8,12H2,1H3/t9-/m0/s1. The van der Waals surface area contributed by atoms with Gasteiger partial charge in [-0.15, -0.1) is 0 Å². The highest BCUT2D eigenvalue weighted by atomic mass is 16.1. The summed E-state index contributed by atoms with van der Waals surface area (Å²) in [6.07, 6.45) is 2.55. The summed E-state index contributed by atoms with van der Waals surface area (Å²) < 4.78 is 0. The van der Waals surface area contributed by atoms with Crippen LogP contribution in [0, 0.1) is 5.92 Å². The van der Waals surface area contributed by atoms with Gasteiger partial charge in [-0.1, -0.05) is 19.1 Å². The predicted octanol–water partition coefficient (Wildman–Crippen LogP) is 2.04. The number of carbonyl (C=O) groups is 1. The first-order chi connectivity index (χ1) is 6.22. The van der Waals surface area contributed by atoms with Crippen molar-refractivity contribution in [1.29, 1.82) is 0 Å². The molecule has 0 aliphatic carbocycles. The second-order valence-electron chi connectivity index (χ2n) is 3.45. The predicted molar refractivity (Wildman–Crippen MR) is 54.4 cm³/mol. The van der Waals surface area contributed by atoms with Crippen molar-refractivity contribution < 1.29 is 4.79 Å². The third-order valence-electron chi connectivity index (χ3n) is 2.06.